The Morgan fingerprint density at radius 3 is 2.57 bits per heavy atom. The average Bonchev–Trinajstić information content (AvgIpc) is 2.94. The molecule has 3 aliphatic rings. The summed E-state index contributed by atoms with van der Waals surface area (Å²) in [6.45, 7) is 3.51. The molecule has 7 nitrogen and oxygen atoms in total. The fourth-order valence-electron chi connectivity index (χ4n) is 4.97. The van der Waals surface area contributed by atoms with E-state index in [2.05, 4.69) is 0 Å². The Morgan fingerprint density at radius 1 is 1.20 bits per heavy atom. The van der Waals surface area contributed by atoms with Gasteiger partial charge in [0.05, 0.1) is 24.6 Å². The van der Waals surface area contributed by atoms with Crippen LogP contribution < -0.4 is 0 Å². The third-order valence-electron chi connectivity index (χ3n) is 6.36. The van der Waals surface area contributed by atoms with Gasteiger partial charge in [0.1, 0.15) is 5.70 Å². The van der Waals surface area contributed by atoms with Crippen LogP contribution >= 0.6 is 11.9 Å². The van der Waals surface area contributed by atoms with E-state index in [1.54, 1.807) is 17.3 Å². The molecule has 0 spiro atoms. The predicted octanol–water partition coefficient (Wildman–Crippen LogP) is 2.50. The highest BCUT2D eigenvalue weighted by atomic mass is 32.2. The summed E-state index contributed by atoms with van der Waals surface area (Å²) < 4.78 is 1.57. The summed E-state index contributed by atoms with van der Waals surface area (Å²) in [6, 6.07) is 11.0. The zero-order valence-corrected chi connectivity index (χ0v) is 17.2. The standard InChI is InChI=1S/C22H20N2O5S/c1-10-14(19(22(28)29)24-18(10)16(11(2)25)21(24)27)9-23-20(26)13-7-3-5-12-6-4-8-15(30-23)17(12)13/h3-8,10-11,16,18,25H,9H2,1-2H3,(H,28,29). The zero-order valence-electron chi connectivity index (χ0n) is 16.4. The van der Waals surface area contributed by atoms with Crippen molar-refractivity contribution in [3.8, 4) is 0 Å². The number of carboxylic acids is 1. The highest BCUT2D eigenvalue weighted by Crippen LogP contribution is 2.48. The molecule has 0 bridgehead atoms. The fourth-order valence-corrected chi connectivity index (χ4v) is 6.05. The lowest BCUT2D eigenvalue weighted by Crippen LogP contribution is -2.63. The first-order valence-electron chi connectivity index (χ1n) is 9.80. The summed E-state index contributed by atoms with van der Waals surface area (Å²) in [6.07, 6.45) is -0.855. The van der Waals surface area contributed by atoms with E-state index in [1.165, 1.54) is 16.8 Å². The predicted molar refractivity (Wildman–Crippen MR) is 110 cm³/mol. The summed E-state index contributed by atoms with van der Waals surface area (Å²) in [7, 11) is 0. The zero-order chi connectivity index (χ0) is 21.3. The number of benzene rings is 2. The quantitative estimate of drug-likeness (QED) is 0.578. The maximum Gasteiger partial charge on any atom is 0.352 e. The van der Waals surface area contributed by atoms with Gasteiger partial charge in [-0.1, -0.05) is 31.2 Å². The number of amides is 2. The van der Waals surface area contributed by atoms with E-state index >= 15 is 0 Å². The summed E-state index contributed by atoms with van der Waals surface area (Å²) in [5.41, 5.74) is 1.07. The molecule has 2 amide bonds. The number of aliphatic hydroxyl groups is 1. The van der Waals surface area contributed by atoms with Gasteiger partial charge in [0.25, 0.3) is 5.91 Å². The second-order valence-corrected chi connectivity index (χ2v) is 9.09. The van der Waals surface area contributed by atoms with E-state index in [9.17, 15) is 24.6 Å². The van der Waals surface area contributed by atoms with E-state index in [4.69, 9.17) is 0 Å². The lowest BCUT2D eigenvalue weighted by Gasteiger charge is -2.46. The second kappa shape index (κ2) is 6.58. The molecule has 3 heterocycles. The maximum absolute atomic E-state index is 13.2. The number of carbonyl (C=O) groups excluding carboxylic acids is 2. The molecular formula is C22H20N2O5S. The van der Waals surface area contributed by atoms with Gasteiger partial charge in [0.2, 0.25) is 5.91 Å². The molecule has 154 valence electrons. The lowest BCUT2D eigenvalue weighted by molar-refractivity contribution is -0.163. The minimum atomic E-state index is -1.19. The first-order chi connectivity index (χ1) is 14.3. The molecule has 2 aromatic carbocycles. The van der Waals surface area contributed by atoms with Crippen molar-refractivity contribution in [2.45, 2.75) is 30.9 Å². The Hall–Kier alpha value is -2.84. The summed E-state index contributed by atoms with van der Waals surface area (Å²) in [5.74, 6) is -2.63. The molecule has 1 fully saturated rings. The van der Waals surface area contributed by atoms with Crippen molar-refractivity contribution in [2.75, 3.05) is 6.54 Å². The Bertz CT molecular complexity index is 1150. The molecule has 2 N–H and O–H groups in total. The van der Waals surface area contributed by atoms with E-state index in [1.807, 2.05) is 37.3 Å². The molecule has 5 rings (SSSR count). The number of nitrogens with zero attached hydrogens (tertiary/aromatic N) is 2. The molecule has 2 aromatic rings. The van der Waals surface area contributed by atoms with Crippen LogP contribution in [-0.4, -0.2) is 55.9 Å². The topological polar surface area (TPSA) is 98.2 Å². The molecule has 1 saturated heterocycles. The van der Waals surface area contributed by atoms with Crippen LogP contribution in [0.2, 0.25) is 0 Å². The molecule has 0 aromatic heterocycles. The molecular weight excluding hydrogens is 404 g/mol. The van der Waals surface area contributed by atoms with Crippen molar-refractivity contribution in [1.82, 2.24) is 9.21 Å². The number of aliphatic carboxylic acids is 1. The molecule has 0 radical (unpaired) electrons. The monoisotopic (exact) mass is 424 g/mol. The van der Waals surface area contributed by atoms with Crippen molar-refractivity contribution >= 4 is 40.5 Å². The van der Waals surface area contributed by atoms with Crippen LogP contribution in [-0.2, 0) is 9.59 Å². The number of rotatable bonds is 4. The fraction of sp³-hybridized carbons (Fsp3) is 0.318. The van der Waals surface area contributed by atoms with Crippen molar-refractivity contribution in [2.24, 2.45) is 11.8 Å². The number of carbonyl (C=O) groups is 3. The molecule has 30 heavy (non-hydrogen) atoms. The van der Waals surface area contributed by atoms with Crippen LogP contribution in [0.15, 0.2) is 52.6 Å². The van der Waals surface area contributed by atoms with Gasteiger partial charge >= 0.3 is 5.97 Å². The van der Waals surface area contributed by atoms with Gasteiger partial charge in [-0.2, -0.15) is 0 Å². The SMILES string of the molecule is CC(O)C1C(=O)N2C(C(=O)O)=C(CN3Sc4cccc5cccc(c45)C3=O)C(C)C12. The third-order valence-corrected chi connectivity index (χ3v) is 7.42. The normalized spacial score (nSPS) is 26.2. The first kappa shape index (κ1) is 19.1. The van der Waals surface area contributed by atoms with Crippen LogP contribution in [0.5, 0.6) is 0 Å². The van der Waals surface area contributed by atoms with Gasteiger partial charge < -0.3 is 15.1 Å². The number of aliphatic hydroxyl groups excluding tert-OH is 1. The summed E-state index contributed by atoms with van der Waals surface area (Å²) in [5, 5.41) is 21.7. The minimum absolute atomic E-state index is 0.0557. The highest BCUT2D eigenvalue weighted by molar-refractivity contribution is 7.98. The van der Waals surface area contributed by atoms with E-state index < -0.39 is 18.0 Å². The van der Waals surface area contributed by atoms with Crippen molar-refractivity contribution in [1.29, 1.82) is 0 Å². The summed E-state index contributed by atoms with van der Waals surface area (Å²) in [4.78, 5) is 40.0. The van der Waals surface area contributed by atoms with Crippen molar-refractivity contribution < 1.29 is 24.6 Å². The Balaban J connectivity index is 1.52. The summed E-state index contributed by atoms with van der Waals surface area (Å²) >= 11 is 1.29. The minimum Gasteiger partial charge on any atom is -0.477 e. The van der Waals surface area contributed by atoms with Crippen LogP contribution in [0.1, 0.15) is 24.2 Å². The molecule has 3 aliphatic heterocycles. The number of carboxylic acid groups (broad SMARTS) is 1. The average molecular weight is 424 g/mol. The Morgan fingerprint density at radius 2 is 1.90 bits per heavy atom. The van der Waals surface area contributed by atoms with Crippen LogP contribution in [0.4, 0.5) is 0 Å². The van der Waals surface area contributed by atoms with Crippen molar-refractivity contribution in [3.63, 3.8) is 0 Å². The van der Waals surface area contributed by atoms with E-state index in [-0.39, 0.29) is 36.0 Å². The van der Waals surface area contributed by atoms with Gasteiger partial charge in [0, 0.05) is 21.8 Å². The molecule has 0 saturated carbocycles. The first-order valence-corrected chi connectivity index (χ1v) is 10.6. The molecule has 4 unspecified atom stereocenters. The number of hydrogen-bond donors (Lipinski definition) is 2. The molecule has 0 aliphatic carbocycles. The maximum atomic E-state index is 13.2. The van der Waals surface area contributed by atoms with Crippen LogP contribution in [0, 0.1) is 11.8 Å². The molecule has 4 atom stereocenters. The van der Waals surface area contributed by atoms with E-state index in [0.29, 0.717) is 11.1 Å². The van der Waals surface area contributed by atoms with Gasteiger partial charge in [-0.3, -0.25) is 13.9 Å². The highest BCUT2D eigenvalue weighted by Gasteiger charge is 2.60. The van der Waals surface area contributed by atoms with E-state index in [0.717, 1.165) is 15.7 Å². The smallest absolute Gasteiger partial charge is 0.352 e. The number of hydrogen-bond acceptors (Lipinski definition) is 5. The largest absolute Gasteiger partial charge is 0.477 e. The van der Waals surface area contributed by atoms with Crippen LogP contribution in [0.25, 0.3) is 10.8 Å². The molecule has 8 heteroatoms. The Labute approximate surface area is 177 Å². The third kappa shape index (κ3) is 2.47. The second-order valence-electron chi connectivity index (χ2n) is 8.03. The number of fused-ring (bicyclic) bond motifs is 1. The van der Waals surface area contributed by atoms with Gasteiger partial charge in [-0.25, -0.2) is 4.79 Å². The van der Waals surface area contributed by atoms with Gasteiger partial charge in [-0.05, 0) is 42.0 Å². The van der Waals surface area contributed by atoms with Gasteiger partial charge in [0.15, 0.2) is 0 Å². The van der Waals surface area contributed by atoms with Crippen LogP contribution in [0.3, 0.4) is 0 Å². The Kier molecular flexibility index (Phi) is 4.20. The van der Waals surface area contributed by atoms with Crippen molar-refractivity contribution in [3.05, 3.63) is 53.2 Å². The van der Waals surface area contributed by atoms with Gasteiger partial charge in [-0.15, -0.1) is 0 Å². The lowest BCUT2D eigenvalue weighted by atomic mass is 9.78. The number of β-lactam (4-membered cyclic amide) rings is 1.